The van der Waals surface area contributed by atoms with Crippen molar-refractivity contribution in [2.45, 2.75) is 57.5 Å². The maximum atomic E-state index is 9.38. The molecule has 2 rings (SSSR count). The Balaban J connectivity index is 1.86. The number of hydrogen-bond donors (Lipinski definition) is 2. The summed E-state index contributed by atoms with van der Waals surface area (Å²) in [5.74, 6) is 0.802. The van der Waals surface area contributed by atoms with E-state index in [1.807, 2.05) is 0 Å². The van der Waals surface area contributed by atoms with Crippen LogP contribution in [0.1, 0.15) is 45.4 Å². The van der Waals surface area contributed by atoms with Gasteiger partial charge in [0.15, 0.2) is 0 Å². The van der Waals surface area contributed by atoms with E-state index in [0.717, 1.165) is 12.5 Å². The highest BCUT2D eigenvalue weighted by molar-refractivity contribution is 4.87. The Hall–Kier alpha value is -0.120. The van der Waals surface area contributed by atoms with Crippen LogP contribution < -0.4 is 5.32 Å². The van der Waals surface area contributed by atoms with Crippen molar-refractivity contribution in [2.24, 2.45) is 5.92 Å². The molecule has 0 aromatic heterocycles. The molecule has 3 unspecified atom stereocenters. The van der Waals surface area contributed by atoms with Crippen molar-refractivity contribution in [2.75, 3.05) is 26.2 Å². The fourth-order valence-corrected chi connectivity index (χ4v) is 3.60. The Kier molecular flexibility index (Phi) is 5.26. The van der Waals surface area contributed by atoms with E-state index in [9.17, 15) is 5.11 Å². The van der Waals surface area contributed by atoms with Gasteiger partial charge in [-0.2, -0.15) is 0 Å². The molecule has 3 heteroatoms. The molecular weight excluding hydrogens is 212 g/mol. The molecule has 1 saturated carbocycles. The highest BCUT2D eigenvalue weighted by Gasteiger charge is 2.30. The van der Waals surface area contributed by atoms with Gasteiger partial charge < -0.3 is 10.4 Å². The zero-order valence-corrected chi connectivity index (χ0v) is 11.2. The maximum absolute atomic E-state index is 9.38. The summed E-state index contributed by atoms with van der Waals surface area (Å²) in [5.41, 5.74) is 0. The summed E-state index contributed by atoms with van der Waals surface area (Å²) in [6.45, 7) is 6.03. The van der Waals surface area contributed by atoms with Crippen molar-refractivity contribution in [1.82, 2.24) is 10.2 Å². The van der Waals surface area contributed by atoms with Crippen molar-refractivity contribution in [3.63, 3.8) is 0 Å². The lowest BCUT2D eigenvalue weighted by atomic mass is 9.84. The van der Waals surface area contributed by atoms with Crippen molar-refractivity contribution >= 4 is 0 Å². The molecule has 0 aromatic carbocycles. The van der Waals surface area contributed by atoms with Gasteiger partial charge in [-0.15, -0.1) is 0 Å². The second kappa shape index (κ2) is 6.72. The van der Waals surface area contributed by atoms with Gasteiger partial charge in [-0.3, -0.25) is 4.90 Å². The Morgan fingerprint density at radius 3 is 2.76 bits per heavy atom. The lowest BCUT2D eigenvalue weighted by molar-refractivity contribution is 0.118. The molecule has 17 heavy (non-hydrogen) atoms. The van der Waals surface area contributed by atoms with Gasteiger partial charge in [0, 0.05) is 18.6 Å². The second-order valence-corrected chi connectivity index (χ2v) is 5.68. The highest BCUT2D eigenvalue weighted by atomic mass is 16.3. The lowest BCUT2D eigenvalue weighted by Crippen LogP contribution is -2.45. The number of nitrogens with one attached hydrogen (secondary N) is 1. The van der Waals surface area contributed by atoms with Gasteiger partial charge in [-0.1, -0.05) is 19.8 Å². The minimum atomic E-state index is 0.346. The summed E-state index contributed by atoms with van der Waals surface area (Å²) in [6, 6.07) is 1.16. The van der Waals surface area contributed by atoms with E-state index in [0.29, 0.717) is 18.7 Å². The van der Waals surface area contributed by atoms with E-state index in [2.05, 4.69) is 17.1 Å². The largest absolute Gasteiger partial charge is 0.395 e. The molecule has 1 aliphatic carbocycles. The average molecular weight is 240 g/mol. The molecule has 0 aromatic rings. The molecule has 1 saturated heterocycles. The van der Waals surface area contributed by atoms with Gasteiger partial charge in [0.2, 0.25) is 0 Å². The molecule has 2 fully saturated rings. The standard InChI is InChI=1S/C14H28N2O/c1-2-15-14-8-4-3-6-12(14)10-16-9-5-7-13(16)11-17/h12-15,17H,2-11H2,1H3. The van der Waals surface area contributed by atoms with E-state index in [1.54, 1.807) is 0 Å². The summed E-state index contributed by atoms with van der Waals surface area (Å²) in [5, 5.41) is 13.0. The van der Waals surface area contributed by atoms with E-state index >= 15 is 0 Å². The van der Waals surface area contributed by atoms with Gasteiger partial charge in [0.1, 0.15) is 0 Å². The lowest BCUT2D eigenvalue weighted by Gasteiger charge is -2.36. The summed E-state index contributed by atoms with van der Waals surface area (Å²) in [7, 11) is 0. The molecule has 3 nitrogen and oxygen atoms in total. The first-order chi connectivity index (χ1) is 8.35. The topological polar surface area (TPSA) is 35.5 Å². The van der Waals surface area contributed by atoms with Crippen LogP contribution >= 0.6 is 0 Å². The summed E-state index contributed by atoms with van der Waals surface area (Å²) >= 11 is 0. The van der Waals surface area contributed by atoms with Crippen molar-refractivity contribution in [3.8, 4) is 0 Å². The summed E-state index contributed by atoms with van der Waals surface area (Å²) < 4.78 is 0. The number of nitrogens with zero attached hydrogens (tertiary/aromatic N) is 1. The normalized spacial score (nSPS) is 35.3. The Labute approximate surface area is 106 Å². The van der Waals surface area contributed by atoms with E-state index < -0.39 is 0 Å². The molecule has 1 heterocycles. The van der Waals surface area contributed by atoms with E-state index in [-0.39, 0.29) is 0 Å². The van der Waals surface area contributed by atoms with E-state index in [4.69, 9.17) is 0 Å². The first kappa shape index (κ1) is 13.3. The molecule has 3 atom stereocenters. The first-order valence-corrected chi connectivity index (χ1v) is 7.43. The van der Waals surface area contributed by atoms with Crippen LogP contribution in [0.5, 0.6) is 0 Å². The summed E-state index contributed by atoms with van der Waals surface area (Å²) in [6.07, 6.45) is 7.95. The smallest absolute Gasteiger partial charge is 0.0586 e. The SMILES string of the molecule is CCNC1CCCCC1CN1CCCC1CO. The van der Waals surface area contributed by atoms with Crippen LogP contribution in [0.25, 0.3) is 0 Å². The van der Waals surface area contributed by atoms with Crippen LogP contribution in [0.3, 0.4) is 0 Å². The van der Waals surface area contributed by atoms with Gasteiger partial charge in [0.05, 0.1) is 6.61 Å². The van der Waals surface area contributed by atoms with Crippen LogP contribution in [0.4, 0.5) is 0 Å². The molecule has 0 amide bonds. The van der Waals surface area contributed by atoms with E-state index in [1.165, 1.54) is 51.6 Å². The first-order valence-electron chi connectivity index (χ1n) is 7.43. The predicted molar refractivity (Wildman–Crippen MR) is 71.1 cm³/mol. The molecule has 100 valence electrons. The van der Waals surface area contributed by atoms with Crippen molar-refractivity contribution in [1.29, 1.82) is 0 Å². The van der Waals surface area contributed by atoms with Crippen LogP contribution in [0.15, 0.2) is 0 Å². The third-order valence-electron chi connectivity index (χ3n) is 4.55. The van der Waals surface area contributed by atoms with Gasteiger partial charge in [-0.25, -0.2) is 0 Å². The van der Waals surface area contributed by atoms with Crippen LogP contribution in [0, 0.1) is 5.92 Å². The second-order valence-electron chi connectivity index (χ2n) is 5.68. The Morgan fingerprint density at radius 1 is 1.18 bits per heavy atom. The van der Waals surface area contributed by atoms with Crippen molar-refractivity contribution in [3.05, 3.63) is 0 Å². The number of aliphatic hydroxyl groups is 1. The number of hydrogen-bond acceptors (Lipinski definition) is 3. The molecule has 2 N–H and O–H groups in total. The van der Waals surface area contributed by atoms with Crippen LogP contribution in [-0.2, 0) is 0 Å². The monoisotopic (exact) mass is 240 g/mol. The van der Waals surface area contributed by atoms with Crippen LogP contribution in [-0.4, -0.2) is 48.3 Å². The minimum Gasteiger partial charge on any atom is -0.395 e. The van der Waals surface area contributed by atoms with Crippen LogP contribution in [0.2, 0.25) is 0 Å². The maximum Gasteiger partial charge on any atom is 0.0586 e. The number of likely N-dealkylation sites (tertiary alicyclic amines) is 1. The zero-order valence-electron chi connectivity index (χ0n) is 11.2. The Morgan fingerprint density at radius 2 is 2.00 bits per heavy atom. The minimum absolute atomic E-state index is 0.346. The molecular formula is C14H28N2O. The van der Waals surface area contributed by atoms with Crippen molar-refractivity contribution < 1.29 is 5.11 Å². The summed E-state index contributed by atoms with van der Waals surface area (Å²) in [4.78, 5) is 2.53. The molecule has 1 aliphatic heterocycles. The third-order valence-corrected chi connectivity index (χ3v) is 4.55. The molecule has 0 radical (unpaired) electrons. The molecule has 0 bridgehead atoms. The molecule has 2 aliphatic rings. The zero-order chi connectivity index (χ0) is 12.1. The average Bonchev–Trinajstić information content (AvgIpc) is 2.79. The fraction of sp³-hybridized carbons (Fsp3) is 1.00. The van der Waals surface area contributed by atoms with Gasteiger partial charge in [0.25, 0.3) is 0 Å². The van der Waals surface area contributed by atoms with Gasteiger partial charge in [-0.05, 0) is 44.7 Å². The number of rotatable bonds is 5. The van der Waals surface area contributed by atoms with Gasteiger partial charge >= 0.3 is 0 Å². The predicted octanol–water partition coefficient (Wildman–Crippen LogP) is 1.61. The third kappa shape index (κ3) is 3.43. The Bertz CT molecular complexity index is 220. The fourth-order valence-electron chi connectivity index (χ4n) is 3.60. The quantitative estimate of drug-likeness (QED) is 0.766. The molecule has 0 spiro atoms. The number of aliphatic hydroxyl groups excluding tert-OH is 1. The highest BCUT2D eigenvalue weighted by Crippen LogP contribution is 2.28.